The first-order valence-corrected chi connectivity index (χ1v) is 5.25. The molecule has 1 heterocycles. The molecular formula is C11H16N2O4. The number of nitro groups is 1. The molecule has 0 aromatic carbocycles. The third-order valence-corrected chi connectivity index (χ3v) is 3.04. The van der Waals surface area contributed by atoms with Gasteiger partial charge in [0.2, 0.25) is 6.54 Å². The number of hydrogen-bond donors (Lipinski definition) is 0. The highest BCUT2D eigenvalue weighted by molar-refractivity contribution is 5.93. The number of ether oxygens (including phenoxy) is 1. The molecule has 1 aromatic heterocycles. The highest BCUT2D eigenvalue weighted by Gasteiger charge is 2.22. The smallest absolute Gasteiger partial charge is 0.339 e. The van der Waals surface area contributed by atoms with Crippen molar-refractivity contribution >= 4 is 5.97 Å². The van der Waals surface area contributed by atoms with Crippen molar-refractivity contribution in [3.05, 3.63) is 32.6 Å². The maximum Gasteiger partial charge on any atom is 0.339 e. The number of carbonyl (C=O) groups excluding carboxylic acids is 1. The van der Waals surface area contributed by atoms with Crippen LogP contribution in [0.5, 0.6) is 0 Å². The van der Waals surface area contributed by atoms with Gasteiger partial charge in [-0.1, -0.05) is 0 Å². The first-order valence-electron chi connectivity index (χ1n) is 5.25. The van der Waals surface area contributed by atoms with E-state index in [1.165, 1.54) is 7.11 Å². The molecule has 0 radical (unpaired) electrons. The third-order valence-electron chi connectivity index (χ3n) is 3.04. The molecule has 0 aliphatic rings. The molecule has 17 heavy (non-hydrogen) atoms. The van der Waals surface area contributed by atoms with Crippen LogP contribution in [0.15, 0.2) is 0 Å². The number of methoxy groups -OCH3 is 1. The Kier molecular flexibility index (Phi) is 3.88. The lowest BCUT2D eigenvalue weighted by molar-refractivity contribution is -0.479. The van der Waals surface area contributed by atoms with Gasteiger partial charge in [-0.2, -0.15) is 0 Å². The second-order valence-corrected chi connectivity index (χ2v) is 3.88. The Labute approximate surface area is 99.3 Å². The minimum absolute atomic E-state index is 0.186. The van der Waals surface area contributed by atoms with Crippen LogP contribution in [0.1, 0.15) is 27.3 Å². The number of rotatable bonds is 4. The molecule has 0 saturated carbocycles. The van der Waals surface area contributed by atoms with Gasteiger partial charge >= 0.3 is 5.97 Å². The average molecular weight is 240 g/mol. The zero-order valence-corrected chi connectivity index (χ0v) is 10.4. The van der Waals surface area contributed by atoms with Gasteiger partial charge in [0.25, 0.3) is 0 Å². The molecule has 0 atom stereocenters. The van der Waals surface area contributed by atoms with Crippen LogP contribution in [0.25, 0.3) is 0 Å². The molecule has 6 nitrogen and oxygen atoms in total. The summed E-state index contributed by atoms with van der Waals surface area (Å²) in [5.41, 5.74) is 2.79. The van der Waals surface area contributed by atoms with Crippen molar-refractivity contribution in [3.8, 4) is 0 Å². The molecule has 0 amide bonds. The Morgan fingerprint density at radius 3 is 2.47 bits per heavy atom. The average Bonchev–Trinajstić information content (AvgIpc) is 2.50. The molecule has 0 unspecified atom stereocenters. The number of aromatic nitrogens is 1. The van der Waals surface area contributed by atoms with Crippen molar-refractivity contribution in [1.29, 1.82) is 0 Å². The van der Waals surface area contributed by atoms with Gasteiger partial charge in [-0.05, 0) is 19.4 Å². The second kappa shape index (κ2) is 4.99. The molecule has 0 fully saturated rings. The maximum atomic E-state index is 11.7. The molecule has 0 bridgehead atoms. The molecule has 0 saturated heterocycles. The molecular weight excluding hydrogens is 224 g/mol. The van der Waals surface area contributed by atoms with Gasteiger partial charge in [0.05, 0.1) is 12.7 Å². The minimum Gasteiger partial charge on any atom is -0.465 e. The fraction of sp³-hybridized carbons (Fsp3) is 0.545. The van der Waals surface area contributed by atoms with Gasteiger partial charge in [0, 0.05) is 29.8 Å². The summed E-state index contributed by atoms with van der Waals surface area (Å²) in [5, 5.41) is 10.4. The SMILES string of the molecule is COC(=O)c1c(CC[N+](=O)[O-])c(C)n(C)c1C. The molecule has 1 rings (SSSR count). The van der Waals surface area contributed by atoms with E-state index in [4.69, 9.17) is 4.74 Å². The van der Waals surface area contributed by atoms with Gasteiger partial charge in [-0.25, -0.2) is 4.79 Å². The topological polar surface area (TPSA) is 74.4 Å². The number of hydrogen-bond acceptors (Lipinski definition) is 4. The maximum absolute atomic E-state index is 11.7. The van der Waals surface area contributed by atoms with Crippen LogP contribution in [-0.4, -0.2) is 29.1 Å². The Bertz CT molecular complexity index is 463. The lowest BCUT2D eigenvalue weighted by atomic mass is 10.1. The van der Waals surface area contributed by atoms with Crippen LogP contribution >= 0.6 is 0 Å². The van der Waals surface area contributed by atoms with E-state index in [1.807, 2.05) is 18.5 Å². The minimum atomic E-state index is -0.440. The predicted octanol–water partition coefficient (Wildman–Crippen LogP) is 1.25. The van der Waals surface area contributed by atoms with Gasteiger partial charge in [0.15, 0.2) is 0 Å². The van der Waals surface area contributed by atoms with Gasteiger partial charge < -0.3 is 9.30 Å². The number of nitrogens with zero attached hydrogens (tertiary/aromatic N) is 2. The van der Waals surface area contributed by atoms with Crippen molar-refractivity contribution in [2.45, 2.75) is 20.3 Å². The predicted molar refractivity (Wildman–Crippen MR) is 61.8 cm³/mol. The quantitative estimate of drug-likeness (QED) is 0.451. The van der Waals surface area contributed by atoms with E-state index < -0.39 is 5.97 Å². The molecule has 0 aliphatic carbocycles. The molecule has 0 N–H and O–H groups in total. The van der Waals surface area contributed by atoms with Crippen LogP contribution in [0, 0.1) is 24.0 Å². The van der Waals surface area contributed by atoms with E-state index >= 15 is 0 Å². The van der Waals surface area contributed by atoms with Crippen LogP contribution < -0.4 is 0 Å². The summed E-state index contributed by atoms with van der Waals surface area (Å²) in [5.74, 6) is -0.440. The highest BCUT2D eigenvalue weighted by atomic mass is 16.6. The van der Waals surface area contributed by atoms with E-state index in [2.05, 4.69) is 0 Å². The van der Waals surface area contributed by atoms with Crippen LogP contribution in [0.4, 0.5) is 0 Å². The molecule has 0 spiro atoms. The molecule has 6 heteroatoms. The summed E-state index contributed by atoms with van der Waals surface area (Å²) in [7, 11) is 3.13. The fourth-order valence-corrected chi connectivity index (χ4v) is 1.90. The zero-order valence-electron chi connectivity index (χ0n) is 10.4. The van der Waals surface area contributed by atoms with Crippen molar-refractivity contribution in [1.82, 2.24) is 4.57 Å². The largest absolute Gasteiger partial charge is 0.465 e. The Morgan fingerprint density at radius 1 is 1.41 bits per heavy atom. The van der Waals surface area contributed by atoms with Gasteiger partial charge in [-0.3, -0.25) is 10.1 Å². The van der Waals surface area contributed by atoms with Crippen molar-refractivity contribution in [2.75, 3.05) is 13.7 Å². The van der Waals surface area contributed by atoms with E-state index in [-0.39, 0.29) is 17.9 Å². The Morgan fingerprint density at radius 2 is 2.00 bits per heavy atom. The van der Waals surface area contributed by atoms with Gasteiger partial charge in [0.1, 0.15) is 0 Å². The van der Waals surface area contributed by atoms with E-state index in [0.29, 0.717) is 11.1 Å². The molecule has 0 aliphatic heterocycles. The van der Waals surface area contributed by atoms with Crippen molar-refractivity contribution in [2.24, 2.45) is 7.05 Å². The standard InChI is InChI=1S/C11H16N2O4/c1-7-9(5-6-13(15)16)10(11(14)17-4)8(2)12(7)3/h5-6H2,1-4H3. The third kappa shape index (κ3) is 2.46. The van der Waals surface area contributed by atoms with E-state index in [9.17, 15) is 14.9 Å². The second-order valence-electron chi connectivity index (χ2n) is 3.88. The summed E-state index contributed by atoms with van der Waals surface area (Å²) >= 11 is 0. The van der Waals surface area contributed by atoms with Crippen molar-refractivity contribution in [3.63, 3.8) is 0 Å². The zero-order chi connectivity index (χ0) is 13.2. The van der Waals surface area contributed by atoms with Crippen molar-refractivity contribution < 1.29 is 14.5 Å². The summed E-state index contributed by atoms with van der Waals surface area (Å²) in [6.45, 7) is 3.46. The van der Waals surface area contributed by atoms with Crippen LogP contribution in [0.2, 0.25) is 0 Å². The summed E-state index contributed by atoms with van der Waals surface area (Å²) in [6, 6.07) is 0. The Balaban J connectivity index is 3.21. The van der Waals surface area contributed by atoms with E-state index in [1.54, 1.807) is 6.92 Å². The first-order chi connectivity index (χ1) is 7.90. The van der Waals surface area contributed by atoms with Crippen LogP contribution in [-0.2, 0) is 18.2 Å². The normalized spacial score (nSPS) is 10.4. The lowest BCUT2D eigenvalue weighted by Gasteiger charge is -2.02. The summed E-state index contributed by atoms with van der Waals surface area (Å²) in [4.78, 5) is 21.7. The molecule has 1 aromatic rings. The van der Waals surface area contributed by atoms with E-state index in [0.717, 1.165) is 11.4 Å². The fourth-order valence-electron chi connectivity index (χ4n) is 1.90. The monoisotopic (exact) mass is 240 g/mol. The summed E-state index contributed by atoms with van der Waals surface area (Å²) in [6.07, 6.45) is 0.241. The molecule has 94 valence electrons. The van der Waals surface area contributed by atoms with Gasteiger partial charge in [-0.15, -0.1) is 0 Å². The highest BCUT2D eigenvalue weighted by Crippen LogP contribution is 2.22. The summed E-state index contributed by atoms with van der Waals surface area (Å²) < 4.78 is 6.56. The first kappa shape index (κ1) is 13.2. The lowest BCUT2D eigenvalue weighted by Crippen LogP contribution is -2.10. The number of carbonyl (C=O) groups is 1. The Hall–Kier alpha value is -1.85. The van der Waals surface area contributed by atoms with Crippen LogP contribution in [0.3, 0.4) is 0 Å². The number of esters is 1.